The van der Waals surface area contributed by atoms with Gasteiger partial charge in [-0.2, -0.15) is 18.3 Å². The van der Waals surface area contributed by atoms with E-state index in [0.717, 1.165) is 43.8 Å². The first-order chi connectivity index (χ1) is 13.9. The van der Waals surface area contributed by atoms with E-state index >= 15 is 0 Å². The summed E-state index contributed by atoms with van der Waals surface area (Å²) in [5, 5.41) is 4.68. The van der Waals surface area contributed by atoms with Crippen LogP contribution in [0.25, 0.3) is 16.9 Å². The van der Waals surface area contributed by atoms with Gasteiger partial charge in [0.15, 0.2) is 0 Å². The van der Waals surface area contributed by atoms with E-state index in [2.05, 4.69) is 10.00 Å². The van der Waals surface area contributed by atoms with Crippen LogP contribution >= 0.6 is 0 Å². The van der Waals surface area contributed by atoms with Gasteiger partial charge in [-0.25, -0.2) is 9.07 Å². The Labute approximate surface area is 166 Å². The summed E-state index contributed by atoms with van der Waals surface area (Å²) < 4.78 is 53.8. The fraction of sp³-hybridized carbons (Fsp3) is 0.318. The molecule has 1 aromatic heterocycles. The monoisotopic (exact) mass is 403 g/mol. The Bertz CT molecular complexity index is 953. The van der Waals surface area contributed by atoms with Gasteiger partial charge in [0, 0.05) is 12.1 Å². The molecule has 0 N–H and O–H groups in total. The molecule has 2 aromatic carbocycles. The molecule has 7 heteroatoms. The van der Waals surface area contributed by atoms with E-state index in [-0.39, 0.29) is 5.82 Å². The van der Waals surface area contributed by atoms with Gasteiger partial charge in [0.25, 0.3) is 0 Å². The lowest BCUT2D eigenvalue weighted by Gasteiger charge is -2.25. The van der Waals surface area contributed by atoms with E-state index in [4.69, 9.17) is 0 Å². The van der Waals surface area contributed by atoms with Crippen LogP contribution in [0.15, 0.2) is 54.6 Å². The second-order valence-electron chi connectivity index (χ2n) is 7.32. The first-order valence-corrected chi connectivity index (χ1v) is 9.65. The summed E-state index contributed by atoms with van der Waals surface area (Å²) in [4.78, 5) is 2.33. The van der Waals surface area contributed by atoms with Gasteiger partial charge < -0.3 is 0 Å². The van der Waals surface area contributed by atoms with Crippen LogP contribution in [0.2, 0.25) is 0 Å². The van der Waals surface area contributed by atoms with Crippen molar-refractivity contribution >= 4 is 0 Å². The zero-order valence-corrected chi connectivity index (χ0v) is 15.8. The van der Waals surface area contributed by atoms with E-state index in [1.807, 2.05) is 6.07 Å². The summed E-state index contributed by atoms with van der Waals surface area (Å²) in [5.41, 5.74) is 2.11. The van der Waals surface area contributed by atoms with E-state index in [1.165, 1.54) is 30.7 Å². The van der Waals surface area contributed by atoms with Crippen LogP contribution in [0.3, 0.4) is 0 Å². The van der Waals surface area contributed by atoms with Crippen molar-refractivity contribution in [2.75, 3.05) is 13.1 Å². The fourth-order valence-electron chi connectivity index (χ4n) is 3.67. The second kappa shape index (κ2) is 7.99. The second-order valence-corrected chi connectivity index (χ2v) is 7.32. The number of hydrogen-bond acceptors (Lipinski definition) is 2. The maximum absolute atomic E-state index is 13.4. The Morgan fingerprint density at radius 2 is 1.52 bits per heavy atom. The molecule has 0 radical (unpaired) electrons. The van der Waals surface area contributed by atoms with Gasteiger partial charge in [-0.3, -0.25) is 4.90 Å². The maximum atomic E-state index is 13.4. The van der Waals surface area contributed by atoms with Crippen molar-refractivity contribution in [3.8, 4) is 16.9 Å². The summed E-state index contributed by atoms with van der Waals surface area (Å²) in [6.45, 7) is 2.71. The van der Waals surface area contributed by atoms with E-state index in [0.29, 0.717) is 23.5 Å². The molecule has 0 spiro atoms. The van der Waals surface area contributed by atoms with Crippen LogP contribution < -0.4 is 0 Å². The van der Waals surface area contributed by atoms with E-state index in [9.17, 15) is 17.6 Å². The normalized spacial score (nSPS) is 15.6. The minimum Gasteiger partial charge on any atom is -0.297 e. The molecule has 2 heterocycles. The molecule has 4 rings (SSSR count). The molecule has 0 aliphatic carbocycles. The molecule has 0 saturated carbocycles. The Kier molecular flexibility index (Phi) is 5.41. The topological polar surface area (TPSA) is 21.1 Å². The van der Waals surface area contributed by atoms with Crippen LogP contribution in [0, 0.1) is 5.82 Å². The van der Waals surface area contributed by atoms with Gasteiger partial charge in [0.2, 0.25) is 0 Å². The number of rotatable bonds is 4. The molecule has 3 nitrogen and oxygen atoms in total. The predicted octanol–water partition coefficient (Wildman–Crippen LogP) is 5.68. The SMILES string of the molecule is Fc1ccc(-n2nc(CN3CCCCC3)cc2-c2ccc(C(F)(F)F)cc2)cc1. The third-order valence-corrected chi connectivity index (χ3v) is 5.17. The highest BCUT2D eigenvalue weighted by molar-refractivity contribution is 5.63. The highest BCUT2D eigenvalue weighted by Gasteiger charge is 2.30. The standard InChI is InChI=1S/C22H21F4N3/c23-18-8-10-20(11-9-18)29-21(16-4-6-17(7-5-16)22(24,25)26)14-19(27-29)15-28-12-2-1-3-13-28/h4-11,14H,1-3,12-13,15H2. The average molecular weight is 403 g/mol. The number of aromatic nitrogens is 2. The van der Waals surface area contributed by atoms with Gasteiger partial charge in [-0.1, -0.05) is 18.6 Å². The summed E-state index contributed by atoms with van der Waals surface area (Å²) in [7, 11) is 0. The molecule has 1 saturated heterocycles. The number of benzene rings is 2. The first kappa shape index (κ1) is 19.6. The molecular weight excluding hydrogens is 382 g/mol. The zero-order chi connectivity index (χ0) is 20.4. The number of nitrogens with zero attached hydrogens (tertiary/aromatic N) is 3. The number of likely N-dealkylation sites (tertiary alicyclic amines) is 1. The molecule has 0 bridgehead atoms. The smallest absolute Gasteiger partial charge is 0.297 e. The van der Waals surface area contributed by atoms with Crippen molar-refractivity contribution in [2.45, 2.75) is 32.0 Å². The van der Waals surface area contributed by atoms with Crippen LogP contribution in [-0.4, -0.2) is 27.8 Å². The molecule has 29 heavy (non-hydrogen) atoms. The van der Waals surface area contributed by atoms with Gasteiger partial charge in [0.1, 0.15) is 5.82 Å². The predicted molar refractivity (Wildman–Crippen MR) is 103 cm³/mol. The van der Waals surface area contributed by atoms with Crippen molar-refractivity contribution in [3.05, 3.63) is 71.7 Å². The van der Waals surface area contributed by atoms with Gasteiger partial charge in [-0.15, -0.1) is 0 Å². The highest BCUT2D eigenvalue weighted by Crippen LogP contribution is 2.32. The minimum atomic E-state index is -4.38. The largest absolute Gasteiger partial charge is 0.416 e. The summed E-state index contributed by atoms with van der Waals surface area (Å²) in [5.74, 6) is -0.356. The minimum absolute atomic E-state index is 0.356. The molecule has 1 aliphatic rings. The molecule has 1 aliphatic heterocycles. The quantitative estimate of drug-likeness (QED) is 0.523. The number of piperidine rings is 1. The summed E-state index contributed by atoms with van der Waals surface area (Å²) >= 11 is 0. The van der Waals surface area contributed by atoms with E-state index < -0.39 is 11.7 Å². The molecule has 1 fully saturated rings. The van der Waals surface area contributed by atoms with E-state index in [1.54, 1.807) is 16.8 Å². The lowest BCUT2D eigenvalue weighted by atomic mass is 10.1. The number of hydrogen-bond donors (Lipinski definition) is 0. The van der Waals surface area contributed by atoms with Crippen LogP contribution in [0.1, 0.15) is 30.5 Å². The molecule has 152 valence electrons. The molecule has 0 unspecified atom stereocenters. The first-order valence-electron chi connectivity index (χ1n) is 9.65. The molecule has 3 aromatic rings. The Hall–Kier alpha value is -2.67. The summed E-state index contributed by atoms with van der Waals surface area (Å²) in [6.07, 6.45) is -0.832. The van der Waals surface area contributed by atoms with Crippen LogP contribution in [0.5, 0.6) is 0 Å². The number of alkyl halides is 3. The third-order valence-electron chi connectivity index (χ3n) is 5.17. The third kappa shape index (κ3) is 4.50. The summed E-state index contributed by atoms with van der Waals surface area (Å²) in [6, 6.07) is 12.9. The van der Waals surface area contributed by atoms with Crippen LogP contribution in [0.4, 0.5) is 17.6 Å². The van der Waals surface area contributed by atoms with Gasteiger partial charge in [-0.05, 0) is 68.4 Å². The average Bonchev–Trinajstić information content (AvgIpc) is 3.12. The Morgan fingerprint density at radius 1 is 0.862 bits per heavy atom. The lowest BCUT2D eigenvalue weighted by Crippen LogP contribution is -2.29. The van der Waals surface area contributed by atoms with Crippen molar-refractivity contribution in [3.63, 3.8) is 0 Å². The van der Waals surface area contributed by atoms with Crippen molar-refractivity contribution in [1.29, 1.82) is 0 Å². The maximum Gasteiger partial charge on any atom is 0.416 e. The lowest BCUT2D eigenvalue weighted by molar-refractivity contribution is -0.137. The molecular formula is C22H21F4N3. The molecule has 0 atom stereocenters. The van der Waals surface area contributed by atoms with Crippen molar-refractivity contribution in [1.82, 2.24) is 14.7 Å². The van der Waals surface area contributed by atoms with Gasteiger partial charge in [0.05, 0.1) is 22.6 Å². The van der Waals surface area contributed by atoms with Crippen LogP contribution in [-0.2, 0) is 12.7 Å². The number of halogens is 4. The van der Waals surface area contributed by atoms with Crippen molar-refractivity contribution < 1.29 is 17.6 Å². The Morgan fingerprint density at radius 3 is 2.14 bits per heavy atom. The van der Waals surface area contributed by atoms with Gasteiger partial charge >= 0.3 is 6.18 Å². The molecule has 0 amide bonds. The zero-order valence-electron chi connectivity index (χ0n) is 15.8. The Balaban J connectivity index is 1.71. The fourth-order valence-corrected chi connectivity index (χ4v) is 3.67. The van der Waals surface area contributed by atoms with Crippen molar-refractivity contribution in [2.24, 2.45) is 0 Å². The highest BCUT2D eigenvalue weighted by atomic mass is 19.4.